The predicted octanol–water partition coefficient (Wildman–Crippen LogP) is 3.50. The van der Waals surface area contributed by atoms with Crippen molar-refractivity contribution in [1.29, 1.82) is 0 Å². The second-order valence-corrected chi connectivity index (χ2v) is 7.14. The minimum atomic E-state index is -2.91. The van der Waals surface area contributed by atoms with Gasteiger partial charge in [0.05, 0.1) is 6.04 Å². The molecule has 10 heteroatoms. The average Bonchev–Trinajstić information content (AvgIpc) is 3.01. The molecular weight excluding hydrogens is 387 g/mol. The molecule has 0 aliphatic rings. The molecule has 0 amide bonds. The number of aromatic amines is 1. The maximum Gasteiger partial charge on any atom is 0.387 e. The number of nitrogens with one attached hydrogen (secondary N) is 1. The van der Waals surface area contributed by atoms with Gasteiger partial charge in [0.1, 0.15) is 23.5 Å². The molecule has 0 saturated carbocycles. The van der Waals surface area contributed by atoms with Crippen molar-refractivity contribution < 1.29 is 17.9 Å². The third-order valence-corrected chi connectivity index (χ3v) is 4.51. The van der Waals surface area contributed by atoms with E-state index in [0.29, 0.717) is 5.95 Å². The quantitative estimate of drug-likeness (QED) is 0.646. The number of aromatic nitrogens is 4. The number of hydrogen-bond acceptors (Lipinski definition) is 5. The Morgan fingerprint density at radius 3 is 2.38 bits per heavy atom. The molecule has 1 atom stereocenters. The zero-order valence-electron chi connectivity index (χ0n) is 16.5. The summed E-state index contributed by atoms with van der Waals surface area (Å²) in [6, 6.07) is 5.76. The summed E-state index contributed by atoms with van der Waals surface area (Å²) in [6.45, 7) is 0.0549. The number of H-pyrrole nitrogens is 1. The molecule has 0 spiro atoms. The third kappa shape index (κ3) is 4.06. The monoisotopic (exact) mass is 409 g/mol. The molecule has 7 nitrogen and oxygen atoms in total. The zero-order valence-corrected chi connectivity index (χ0v) is 16.5. The van der Waals surface area contributed by atoms with E-state index < -0.39 is 24.9 Å². The molecule has 0 saturated heterocycles. The largest absolute Gasteiger partial charge is 0.435 e. The number of alkyl halides is 3. The maximum absolute atomic E-state index is 13.6. The number of hydrogen-bond donors (Lipinski definition) is 1. The lowest BCUT2D eigenvalue weighted by Crippen LogP contribution is -2.22. The fourth-order valence-corrected chi connectivity index (χ4v) is 3.26. The Bertz CT molecular complexity index is 1040. The first kappa shape index (κ1) is 20.7. The Morgan fingerprint density at radius 2 is 1.86 bits per heavy atom. The summed E-state index contributed by atoms with van der Waals surface area (Å²) in [5.41, 5.74) is 0.532. The van der Waals surface area contributed by atoms with Gasteiger partial charge < -0.3 is 9.64 Å². The number of benzene rings is 1. The van der Waals surface area contributed by atoms with E-state index in [4.69, 9.17) is 0 Å². The second-order valence-electron chi connectivity index (χ2n) is 7.14. The smallest absolute Gasteiger partial charge is 0.387 e. The van der Waals surface area contributed by atoms with Crippen LogP contribution in [0.3, 0.4) is 0 Å². The highest BCUT2D eigenvalue weighted by Crippen LogP contribution is 2.31. The first-order chi connectivity index (χ1) is 13.7. The molecule has 0 fully saturated rings. The van der Waals surface area contributed by atoms with Gasteiger partial charge in [0, 0.05) is 14.1 Å². The Morgan fingerprint density at radius 1 is 1.21 bits per heavy atom. The summed E-state index contributed by atoms with van der Waals surface area (Å²) in [5.74, 6) is 0.332. The van der Waals surface area contributed by atoms with Crippen LogP contribution in [-0.2, 0) is 6.67 Å². The van der Waals surface area contributed by atoms with Crippen molar-refractivity contribution in [3.63, 3.8) is 0 Å². The Balaban J connectivity index is 2.18. The van der Waals surface area contributed by atoms with E-state index in [2.05, 4.69) is 19.8 Å². The average molecular weight is 409 g/mol. The van der Waals surface area contributed by atoms with Gasteiger partial charge in [-0.1, -0.05) is 26.0 Å². The van der Waals surface area contributed by atoms with E-state index in [-0.39, 0.29) is 28.4 Å². The number of fused-ring (bicyclic) bond motifs is 1. The fourth-order valence-electron chi connectivity index (χ4n) is 3.26. The van der Waals surface area contributed by atoms with Crippen LogP contribution in [0.4, 0.5) is 19.1 Å². The van der Waals surface area contributed by atoms with Crippen LogP contribution in [-0.4, -0.2) is 40.5 Å². The first-order valence-electron chi connectivity index (χ1n) is 9.02. The zero-order chi connectivity index (χ0) is 21.3. The van der Waals surface area contributed by atoms with Crippen LogP contribution < -0.4 is 15.2 Å². The molecule has 3 aromatic rings. The summed E-state index contributed by atoms with van der Waals surface area (Å²) in [5, 5.41) is 4.43. The standard InChI is InChI=1S/C19H22F3N5O2/c1-10(2)15(11-5-7-12(8-6-11)29-18(21)22)27-16-14(13(9-20)25-27)17(28)24-19(23-16)26(3)4/h5-8,10,15,18H,9H2,1-4H3,(H,23,24,28)/t15-/m0/s1. The molecule has 0 unspecified atom stereocenters. The van der Waals surface area contributed by atoms with Crippen LogP contribution in [0.2, 0.25) is 0 Å². The summed E-state index contributed by atoms with van der Waals surface area (Å²) >= 11 is 0. The van der Waals surface area contributed by atoms with Gasteiger partial charge in [-0.2, -0.15) is 18.9 Å². The molecule has 2 heterocycles. The van der Waals surface area contributed by atoms with Gasteiger partial charge in [-0.15, -0.1) is 0 Å². The van der Waals surface area contributed by atoms with E-state index in [0.717, 1.165) is 5.56 Å². The van der Waals surface area contributed by atoms with Crippen LogP contribution in [0.15, 0.2) is 29.1 Å². The lowest BCUT2D eigenvalue weighted by Gasteiger charge is -2.23. The van der Waals surface area contributed by atoms with Crippen molar-refractivity contribution in [3.05, 3.63) is 45.9 Å². The minimum absolute atomic E-state index is 0.00219. The van der Waals surface area contributed by atoms with Crippen LogP contribution in [0, 0.1) is 5.92 Å². The SMILES string of the molecule is CC(C)[C@@H](c1ccc(OC(F)F)cc1)n1nc(CF)c2c(=O)[nH]c(N(C)C)nc21. The van der Waals surface area contributed by atoms with Crippen molar-refractivity contribution in [2.45, 2.75) is 33.2 Å². The van der Waals surface area contributed by atoms with Crippen LogP contribution in [0.25, 0.3) is 11.0 Å². The molecule has 0 radical (unpaired) electrons. The summed E-state index contributed by atoms with van der Waals surface area (Å²) in [4.78, 5) is 21.3. The van der Waals surface area contributed by atoms with Gasteiger partial charge in [0.15, 0.2) is 5.65 Å². The van der Waals surface area contributed by atoms with E-state index in [1.165, 1.54) is 16.8 Å². The van der Waals surface area contributed by atoms with Crippen LogP contribution in [0.1, 0.15) is 31.1 Å². The summed E-state index contributed by atoms with van der Waals surface area (Å²) < 4.78 is 44.3. The number of rotatable bonds is 7. The molecule has 156 valence electrons. The van der Waals surface area contributed by atoms with Gasteiger partial charge in [0.2, 0.25) is 5.95 Å². The molecule has 1 aromatic carbocycles. The van der Waals surface area contributed by atoms with E-state index in [9.17, 15) is 18.0 Å². The van der Waals surface area contributed by atoms with Crippen molar-refractivity contribution in [3.8, 4) is 5.75 Å². The van der Waals surface area contributed by atoms with E-state index in [1.807, 2.05) is 13.8 Å². The molecule has 0 aliphatic carbocycles. The Kier molecular flexibility index (Phi) is 5.81. The van der Waals surface area contributed by atoms with Gasteiger partial charge in [-0.25, -0.2) is 9.07 Å². The van der Waals surface area contributed by atoms with Gasteiger partial charge >= 0.3 is 6.61 Å². The lowest BCUT2D eigenvalue weighted by molar-refractivity contribution is -0.0498. The van der Waals surface area contributed by atoms with Crippen molar-refractivity contribution in [1.82, 2.24) is 19.7 Å². The normalized spacial score (nSPS) is 12.7. The maximum atomic E-state index is 13.6. The molecule has 3 rings (SSSR count). The third-order valence-electron chi connectivity index (χ3n) is 4.51. The van der Waals surface area contributed by atoms with Crippen molar-refractivity contribution >= 4 is 17.0 Å². The van der Waals surface area contributed by atoms with Crippen molar-refractivity contribution in [2.24, 2.45) is 5.92 Å². The topological polar surface area (TPSA) is 76.0 Å². The molecular formula is C19H22F3N5O2. The van der Waals surface area contributed by atoms with Gasteiger partial charge in [0.25, 0.3) is 5.56 Å². The second kappa shape index (κ2) is 8.14. The molecule has 0 bridgehead atoms. The highest BCUT2D eigenvalue weighted by Gasteiger charge is 2.26. The molecule has 2 aromatic heterocycles. The van der Waals surface area contributed by atoms with Gasteiger partial charge in [-0.05, 0) is 23.6 Å². The Hall–Kier alpha value is -3.04. The first-order valence-corrected chi connectivity index (χ1v) is 9.02. The van der Waals surface area contributed by atoms with Crippen molar-refractivity contribution in [2.75, 3.05) is 19.0 Å². The molecule has 29 heavy (non-hydrogen) atoms. The molecule has 1 N–H and O–H groups in total. The number of halogens is 3. The van der Waals surface area contributed by atoms with Crippen LogP contribution in [0.5, 0.6) is 5.75 Å². The molecule has 0 aliphatic heterocycles. The minimum Gasteiger partial charge on any atom is -0.435 e. The number of anilines is 1. The highest BCUT2D eigenvalue weighted by atomic mass is 19.3. The summed E-state index contributed by atoms with van der Waals surface area (Å²) in [7, 11) is 3.45. The van der Waals surface area contributed by atoms with E-state index in [1.54, 1.807) is 31.1 Å². The van der Waals surface area contributed by atoms with Crippen LogP contribution >= 0.6 is 0 Å². The summed E-state index contributed by atoms with van der Waals surface area (Å²) in [6.07, 6.45) is 0. The highest BCUT2D eigenvalue weighted by molar-refractivity contribution is 5.78. The van der Waals surface area contributed by atoms with E-state index >= 15 is 0 Å². The predicted molar refractivity (Wildman–Crippen MR) is 103 cm³/mol. The Labute approximate surface area is 165 Å². The lowest BCUT2D eigenvalue weighted by atomic mass is 9.96. The van der Waals surface area contributed by atoms with Gasteiger partial charge in [-0.3, -0.25) is 9.78 Å². The fraction of sp³-hybridized carbons (Fsp3) is 0.421. The number of nitrogens with zero attached hydrogens (tertiary/aromatic N) is 4. The number of ether oxygens (including phenoxy) is 1.